The molecule has 2 N–H and O–H groups in total. The number of piperidine rings is 1. The zero-order valence-corrected chi connectivity index (χ0v) is 26.8. The molecule has 2 saturated heterocycles. The van der Waals surface area contributed by atoms with Crippen molar-refractivity contribution in [3.05, 3.63) is 53.3 Å². The number of aryl methyl sites for hydroxylation is 2. The van der Waals surface area contributed by atoms with Crippen LogP contribution in [0.3, 0.4) is 0 Å². The zero-order chi connectivity index (χ0) is 30.9. The third kappa shape index (κ3) is 6.47. The van der Waals surface area contributed by atoms with E-state index in [-0.39, 0.29) is 5.91 Å². The van der Waals surface area contributed by atoms with Gasteiger partial charge in [0.1, 0.15) is 0 Å². The molecule has 0 spiro atoms. The largest absolute Gasteiger partial charge is 0.477 e. The van der Waals surface area contributed by atoms with Crippen molar-refractivity contribution in [3.63, 3.8) is 0 Å². The van der Waals surface area contributed by atoms with Crippen molar-refractivity contribution in [2.24, 2.45) is 13.0 Å². The second-order valence-electron chi connectivity index (χ2n) is 13.1. The Morgan fingerprint density at radius 2 is 1.84 bits per heavy atom. The minimum Gasteiger partial charge on any atom is -0.477 e. The predicted molar refractivity (Wildman–Crippen MR) is 175 cm³/mol. The molecule has 0 saturated carbocycles. The van der Waals surface area contributed by atoms with E-state index in [0.29, 0.717) is 41.7 Å². The van der Waals surface area contributed by atoms with Crippen LogP contribution in [-0.4, -0.2) is 91.9 Å². The molecule has 3 aliphatic rings. The molecule has 0 aliphatic carbocycles. The highest BCUT2D eigenvalue weighted by Crippen LogP contribution is 2.31. The Kier molecular flexibility index (Phi) is 8.57. The van der Waals surface area contributed by atoms with E-state index in [0.717, 1.165) is 74.4 Å². The highest BCUT2D eigenvalue weighted by Gasteiger charge is 2.26. The molecule has 11 heteroatoms. The number of amides is 1. The number of fused-ring (bicyclic) bond motifs is 7. The molecule has 2 fully saturated rings. The summed E-state index contributed by atoms with van der Waals surface area (Å²) < 4.78 is 10.2. The molecule has 4 aromatic rings. The van der Waals surface area contributed by atoms with Gasteiger partial charge in [-0.3, -0.25) is 24.9 Å². The summed E-state index contributed by atoms with van der Waals surface area (Å²) >= 11 is 0. The van der Waals surface area contributed by atoms with Crippen LogP contribution in [0.2, 0.25) is 0 Å². The van der Waals surface area contributed by atoms with E-state index in [1.54, 1.807) is 10.9 Å². The fourth-order valence-electron chi connectivity index (χ4n) is 7.18. The number of likely N-dealkylation sites (tertiary alicyclic amines) is 1. The zero-order valence-electron chi connectivity index (χ0n) is 26.8. The van der Waals surface area contributed by atoms with Gasteiger partial charge in [0.15, 0.2) is 0 Å². The number of aromatic nitrogens is 5. The summed E-state index contributed by atoms with van der Waals surface area (Å²) in [6.45, 7) is 13.2. The van der Waals surface area contributed by atoms with Gasteiger partial charge in [0.25, 0.3) is 5.91 Å². The first-order valence-electron chi connectivity index (χ1n) is 16.5. The smallest absolute Gasteiger partial charge is 0.258 e. The van der Waals surface area contributed by atoms with E-state index in [1.165, 1.54) is 31.5 Å². The molecule has 2 bridgehead atoms. The number of anilines is 1. The van der Waals surface area contributed by atoms with Crippen LogP contribution >= 0.6 is 0 Å². The predicted octanol–water partition coefficient (Wildman–Crippen LogP) is 4.07. The number of benzene rings is 1. The molecule has 0 radical (unpaired) electrons. The topological polar surface area (TPSA) is 105 Å². The molecule has 1 amide bonds. The molecule has 6 heterocycles. The molecule has 3 aliphatic heterocycles. The molecule has 238 valence electrons. The van der Waals surface area contributed by atoms with Gasteiger partial charge in [-0.15, -0.1) is 0 Å². The SMILES string of the molecule is Cc1cc2cc(n1)-c1cnn(C)c1OCCC[C@@H](C)Cn1c(nc3ccc(CN4CCC(N5CCNCC5)CC4)cc31)NC2=O. The molecule has 3 aromatic heterocycles. The number of rotatable bonds is 3. The first kappa shape index (κ1) is 29.9. The fraction of sp³-hybridized carbons (Fsp3) is 0.529. The van der Waals surface area contributed by atoms with Gasteiger partial charge in [-0.1, -0.05) is 13.0 Å². The van der Waals surface area contributed by atoms with E-state index in [4.69, 9.17) is 14.7 Å². The lowest BCUT2D eigenvalue weighted by Crippen LogP contribution is -2.51. The number of nitrogens with one attached hydrogen (secondary N) is 2. The van der Waals surface area contributed by atoms with E-state index in [9.17, 15) is 4.79 Å². The van der Waals surface area contributed by atoms with Crippen LogP contribution in [0.5, 0.6) is 5.88 Å². The Morgan fingerprint density at radius 1 is 1.02 bits per heavy atom. The molecule has 45 heavy (non-hydrogen) atoms. The summed E-state index contributed by atoms with van der Waals surface area (Å²) in [4.78, 5) is 28.6. The number of imidazole rings is 1. The maximum atomic E-state index is 13.7. The molecule has 0 unspecified atom stereocenters. The lowest BCUT2D eigenvalue weighted by atomic mass is 10.0. The lowest BCUT2D eigenvalue weighted by molar-refractivity contribution is 0.0948. The van der Waals surface area contributed by atoms with Crippen molar-refractivity contribution in [2.75, 3.05) is 51.2 Å². The Bertz CT molecular complexity index is 1660. The molecular formula is C34H45N9O2. The highest BCUT2D eigenvalue weighted by molar-refractivity contribution is 6.04. The monoisotopic (exact) mass is 611 g/mol. The number of carbonyl (C=O) groups excluding carboxylic acids is 1. The summed E-state index contributed by atoms with van der Waals surface area (Å²) in [5.74, 6) is 1.40. The van der Waals surface area contributed by atoms with Gasteiger partial charge >= 0.3 is 0 Å². The Balaban J connectivity index is 1.15. The van der Waals surface area contributed by atoms with E-state index < -0.39 is 0 Å². The quantitative estimate of drug-likeness (QED) is 0.357. The van der Waals surface area contributed by atoms with Crippen LogP contribution < -0.4 is 15.4 Å². The van der Waals surface area contributed by atoms with Gasteiger partial charge in [0, 0.05) is 63.6 Å². The summed E-state index contributed by atoms with van der Waals surface area (Å²) in [5, 5.41) is 11.0. The van der Waals surface area contributed by atoms with Crippen molar-refractivity contribution in [2.45, 2.75) is 58.7 Å². The van der Waals surface area contributed by atoms with Crippen molar-refractivity contribution in [3.8, 4) is 17.1 Å². The molecular weight excluding hydrogens is 566 g/mol. The second kappa shape index (κ2) is 12.9. The minimum atomic E-state index is -0.209. The third-order valence-electron chi connectivity index (χ3n) is 9.62. The number of nitrogens with zero attached hydrogens (tertiary/aromatic N) is 7. The van der Waals surface area contributed by atoms with Crippen molar-refractivity contribution >= 4 is 22.9 Å². The number of piperazine rings is 1. The summed E-state index contributed by atoms with van der Waals surface area (Å²) in [5.41, 5.74) is 5.98. The second-order valence-corrected chi connectivity index (χ2v) is 13.1. The third-order valence-corrected chi connectivity index (χ3v) is 9.62. The average molecular weight is 612 g/mol. The van der Waals surface area contributed by atoms with Gasteiger partial charge in [0.05, 0.1) is 35.1 Å². The minimum absolute atomic E-state index is 0.209. The standard InChI is InChI=1S/C34H45N9O2/c1-23-5-4-16-45-33-28(20-36-40(33)3)30-19-26(17-24(2)37-30)32(44)39-34-38-29-7-6-25(18-31(29)43(34)21-23)22-41-12-8-27(9-13-41)42-14-10-35-11-15-42/h6-7,17-20,23,27,35H,4-5,8-16,21-22H2,1-3H3,(H,38,39,44)/t23-/m1/s1. The number of carbonyl (C=O) groups is 1. The Hall–Kier alpha value is -3.80. The molecule has 7 rings (SSSR count). The van der Waals surface area contributed by atoms with Gasteiger partial charge < -0.3 is 14.6 Å². The summed E-state index contributed by atoms with van der Waals surface area (Å²) in [6.07, 6.45) is 6.10. The van der Waals surface area contributed by atoms with E-state index in [1.807, 2.05) is 26.1 Å². The van der Waals surface area contributed by atoms with Gasteiger partial charge in [-0.25, -0.2) is 9.67 Å². The van der Waals surface area contributed by atoms with Crippen LogP contribution in [0, 0.1) is 12.8 Å². The van der Waals surface area contributed by atoms with Crippen LogP contribution in [0.25, 0.3) is 22.3 Å². The maximum absolute atomic E-state index is 13.7. The van der Waals surface area contributed by atoms with Crippen LogP contribution in [0.15, 0.2) is 36.5 Å². The van der Waals surface area contributed by atoms with Crippen molar-refractivity contribution < 1.29 is 9.53 Å². The summed E-state index contributed by atoms with van der Waals surface area (Å²) in [6, 6.07) is 10.9. The van der Waals surface area contributed by atoms with Crippen LogP contribution in [-0.2, 0) is 20.1 Å². The number of ether oxygens (including phenoxy) is 1. The first-order valence-corrected chi connectivity index (χ1v) is 16.5. The first-order chi connectivity index (χ1) is 21.9. The highest BCUT2D eigenvalue weighted by atomic mass is 16.5. The molecule has 1 aromatic carbocycles. The maximum Gasteiger partial charge on any atom is 0.258 e. The fourth-order valence-corrected chi connectivity index (χ4v) is 7.18. The van der Waals surface area contributed by atoms with Crippen molar-refractivity contribution in [1.82, 2.24) is 39.4 Å². The van der Waals surface area contributed by atoms with E-state index >= 15 is 0 Å². The van der Waals surface area contributed by atoms with Crippen molar-refractivity contribution in [1.29, 1.82) is 0 Å². The lowest BCUT2D eigenvalue weighted by Gasteiger charge is -2.40. The molecule has 11 nitrogen and oxygen atoms in total. The number of hydrogen-bond acceptors (Lipinski definition) is 8. The van der Waals surface area contributed by atoms with Crippen LogP contribution in [0.1, 0.15) is 54.2 Å². The van der Waals surface area contributed by atoms with Gasteiger partial charge in [-0.05, 0) is 81.4 Å². The number of pyridine rings is 1. The van der Waals surface area contributed by atoms with E-state index in [2.05, 4.69) is 55.2 Å². The van der Waals surface area contributed by atoms with Crippen LogP contribution in [0.4, 0.5) is 5.95 Å². The Morgan fingerprint density at radius 3 is 2.67 bits per heavy atom. The normalized spacial score (nSPS) is 21.0. The average Bonchev–Trinajstić information content (AvgIpc) is 3.58. The van der Waals surface area contributed by atoms with Gasteiger partial charge in [0.2, 0.25) is 11.8 Å². The summed E-state index contributed by atoms with van der Waals surface area (Å²) in [7, 11) is 1.87. The number of hydrogen-bond donors (Lipinski definition) is 2. The Labute approximate surface area is 265 Å². The molecule has 1 atom stereocenters. The van der Waals surface area contributed by atoms with Gasteiger partial charge in [-0.2, -0.15) is 5.10 Å².